The molecule has 0 bridgehead atoms. The summed E-state index contributed by atoms with van der Waals surface area (Å²) >= 11 is 0. The SMILES string of the molecule is CN(C)c1ccc(C(c2ccc(N(C)C)cc2)c2cc(C(C)(C)C)c3ccc(C(C)(C)C)ccc2-3)cc1. The molecule has 0 aliphatic heterocycles. The summed E-state index contributed by atoms with van der Waals surface area (Å²) in [4.78, 5) is 4.32. The first-order chi connectivity index (χ1) is 17.3. The lowest BCUT2D eigenvalue weighted by Gasteiger charge is -2.22. The second-order valence-corrected chi connectivity index (χ2v) is 12.9. The first-order valence-electron chi connectivity index (χ1n) is 13.4. The van der Waals surface area contributed by atoms with Crippen molar-refractivity contribution in [1.82, 2.24) is 0 Å². The molecule has 4 rings (SSSR count). The minimum atomic E-state index is 0.0425. The van der Waals surface area contributed by atoms with Gasteiger partial charge in [-0.15, -0.1) is 0 Å². The Kier molecular flexibility index (Phi) is 7.16. The average molecular weight is 493 g/mol. The molecule has 2 aliphatic rings. The number of hydrogen-bond acceptors (Lipinski definition) is 2. The molecular weight excluding hydrogens is 448 g/mol. The highest BCUT2D eigenvalue weighted by molar-refractivity contribution is 5.78. The van der Waals surface area contributed by atoms with E-state index >= 15 is 0 Å². The Balaban J connectivity index is 1.99. The van der Waals surface area contributed by atoms with E-state index < -0.39 is 0 Å². The van der Waals surface area contributed by atoms with Crippen LogP contribution in [0.15, 0.2) is 78.9 Å². The second-order valence-electron chi connectivity index (χ2n) is 12.9. The zero-order valence-electron chi connectivity index (χ0n) is 24.5. The van der Waals surface area contributed by atoms with E-state index in [0.29, 0.717) is 0 Å². The molecule has 2 aromatic carbocycles. The van der Waals surface area contributed by atoms with Gasteiger partial charge in [-0.3, -0.25) is 0 Å². The van der Waals surface area contributed by atoms with E-state index in [1.54, 1.807) is 0 Å². The molecule has 0 amide bonds. The third-order valence-corrected chi connectivity index (χ3v) is 7.52. The minimum Gasteiger partial charge on any atom is -0.378 e. The van der Waals surface area contributed by atoms with Gasteiger partial charge in [-0.2, -0.15) is 0 Å². The Hall–Kier alpha value is -3.26. The highest BCUT2D eigenvalue weighted by Crippen LogP contribution is 2.46. The standard InChI is InChI=1S/C35H44N2/c1-34(2,3)26-15-21-29-30(22-16-26)32(35(4,5)6)23-31(29)33(24-11-17-27(18-12-24)36(7)8)25-13-19-28(20-14-25)37(9)10/h11-23,33H,1-10H3. The predicted molar refractivity (Wildman–Crippen MR) is 163 cm³/mol. The maximum Gasteiger partial charge on any atom is 0.0361 e. The van der Waals surface area contributed by atoms with Gasteiger partial charge < -0.3 is 9.80 Å². The normalized spacial score (nSPS) is 12.3. The monoisotopic (exact) mass is 492 g/mol. The molecule has 2 aromatic rings. The van der Waals surface area contributed by atoms with Crippen molar-refractivity contribution in [3.8, 4) is 11.1 Å². The Morgan fingerprint density at radius 3 is 1.32 bits per heavy atom. The summed E-state index contributed by atoms with van der Waals surface area (Å²) in [5, 5.41) is 0. The van der Waals surface area contributed by atoms with Gasteiger partial charge in [0.2, 0.25) is 0 Å². The Morgan fingerprint density at radius 2 is 0.946 bits per heavy atom. The van der Waals surface area contributed by atoms with E-state index in [1.807, 2.05) is 0 Å². The Labute approximate surface area is 225 Å². The topological polar surface area (TPSA) is 6.48 Å². The Bertz CT molecular complexity index is 1260. The second kappa shape index (κ2) is 9.89. The number of benzene rings is 2. The molecular formula is C35H44N2. The molecule has 0 aromatic heterocycles. The first-order valence-corrected chi connectivity index (χ1v) is 13.4. The van der Waals surface area contributed by atoms with Gasteiger partial charge in [-0.05, 0) is 74.0 Å². The van der Waals surface area contributed by atoms with Gasteiger partial charge in [0.25, 0.3) is 0 Å². The molecule has 2 heteroatoms. The minimum absolute atomic E-state index is 0.0425. The van der Waals surface area contributed by atoms with Crippen LogP contribution in [0.1, 0.15) is 75.3 Å². The van der Waals surface area contributed by atoms with Crippen molar-refractivity contribution in [3.63, 3.8) is 0 Å². The van der Waals surface area contributed by atoms with E-state index in [9.17, 15) is 0 Å². The molecule has 0 unspecified atom stereocenters. The molecule has 0 fully saturated rings. The van der Waals surface area contributed by atoms with E-state index in [4.69, 9.17) is 0 Å². The molecule has 0 saturated heterocycles. The molecule has 37 heavy (non-hydrogen) atoms. The molecule has 194 valence electrons. The van der Waals surface area contributed by atoms with Crippen LogP contribution in [0, 0.1) is 0 Å². The molecule has 0 N–H and O–H groups in total. The van der Waals surface area contributed by atoms with Crippen molar-refractivity contribution < 1.29 is 0 Å². The third kappa shape index (κ3) is 5.54. The van der Waals surface area contributed by atoms with Gasteiger partial charge in [0.1, 0.15) is 0 Å². The molecule has 0 spiro atoms. The maximum absolute atomic E-state index is 2.48. The highest BCUT2D eigenvalue weighted by Gasteiger charge is 2.29. The summed E-state index contributed by atoms with van der Waals surface area (Å²) in [5.74, 6) is 0.145. The quantitative estimate of drug-likeness (QED) is 0.275. The van der Waals surface area contributed by atoms with Crippen molar-refractivity contribution in [2.24, 2.45) is 0 Å². The fraction of sp³-hybridized carbons (Fsp3) is 0.371. The van der Waals surface area contributed by atoms with Crippen molar-refractivity contribution in [3.05, 3.63) is 107 Å². The van der Waals surface area contributed by atoms with Gasteiger partial charge in [0, 0.05) is 45.5 Å². The van der Waals surface area contributed by atoms with Crippen molar-refractivity contribution in [2.75, 3.05) is 38.0 Å². The van der Waals surface area contributed by atoms with Crippen LogP contribution in [-0.2, 0) is 10.8 Å². The molecule has 2 aliphatic carbocycles. The smallest absolute Gasteiger partial charge is 0.0361 e. The zero-order valence-corrected chi connectivity index (χ0v) is 24.5. The van der Waals surface area contributed by atoms with E-state index in [1.165, 1.54) is 50.3 Å². The summed E-state index contributed by atoms with van der Waals surface area (Å²) in [6.45, 7) is 13.9. The number of rotatable bonds is 5. The molecule has 0 atom stereocenters. The van der Waals surface area contributed by atoms with Gasteiger partial charge in [-0.1, -0.05) is 96.1 Å². The predicted octanol–water partition coefficient (Wildman–Crippen LogP) is 8.70. The van der Waals surface area contributed by atoms with Gasteiger partial charge in [-0.25, -0.2) is 0 Å². The van der Waals surface area contributed by atoms with Crippen molar-refractivity contribution in [1.29, 1.82) is 0 Å². The maximum atomic E-state index is 2.48. The lowest BCUT2D eigenvalue weighted by atomic mass is 9.84. The van der Waals surface area contributed by atoms with E-state index in [0.717, 1.165) is 0 Å². The number of hydrogen-bond donors (Lipinski definition) is 0. The fourth-order valence-corrected chi connectivity index (χ4v) is 5.22. The van der Waals surface area contributed by atoms with Gasteiger partial charge in [0.15, 0.2) is 0 Å². The van der Waals surface area contributed by atoms with Gasteiger partial charge >= 0.3 is 0 Å². The van der Waals surface area contributed by atoms with Crippen LogP contribution in [0.5, 0.6) is 0 Å². The summed E-state index contributed by atoms with van der Waals surface area (Å²) < 4.78 is 0. The molecule has 2 nitrogen and oxygen atoms in total. The van der Waals surface area contributed by atoms with Crippen LogP contribution >= 0.6 is 0 Å². The summed E-state index contributed by atoms with van der Waals surface area (Å²) in [7, 11) is 8.39. The van der Waals surface area contributed by atoms with Crippen LogP contribution in [0.3, 0.4) is 0 Å². The lowest BCUT2D eigenvalue weighted by molar-refractivity contribution is 0.590. The van der Waals surface area contributed by atoms with Crippen LogP contribution in [-0.4, -0.2) is 28.2 Å². The average Bonchev–Trinajstić information content (AvgIpc) is 3.02. The van der Waals surface area contributed by atoms with E-state index in [2.05, 4.69) is 158 Å². The molecule has 0 saturated carbocycles. The Morgan fingerprint density at radius 1 is 0.514 bits per heavy atom. The fourth-order valence-electron chi connectivity index (χ4n) is 5.22. The third-order valence-electron chi connectivity index (χ3n) is 7.52. The number of fused-ring (bicyclic) bond motifs is 1. The van der Waals surface area contributed by atoms with Crippen molar-refractivity contribution in [2.45, 2.75) is 58.3 Å². The van der Waals surface area contributed by atoms with Gasteiger partial charge in [0.05, 0.1) is 0 Å². The van der Waals surface area contributed by atoms with Crippen LogP contribution in [0.25, 0.3) is 11.1 Å². The molecule has 0 heterocycles. The zero-order chi connectivity index (χ0) is 27.1. The number of anilines is 2. The summed E-state index contributed by atoms with van der Waals surface area (Å²) in [6, 6.07) is 30.1. The van der Waals surface area contributed by atoms with Crippen LogP contribution in [0.4, 0.5) is 11.4 Å². The highest BCUT2D eigenvalue weighted by atomic mass is 15.1. The molecule has 0 radical (unpaired) electrons. The summed E-state index contributed by atoms with van der Waals surface area (Å²) in [5.41, 5.74) is 12.1. The first kappa shape index (κ1) is 26.8. The van der Waals surface area contributed by atoms with Crippen molar-refractivity contribution >= 4 is 11.4 Å². The largest absolute Gasteiger partial charge is 0.378 e. The van der Waals surface area contributed by atoms with Crippen LogP contribution in [0.2, 0.25) is 0 Å². The van der Waals surface area contributed by atoms with Crippen LogP contribution < -0.4 is 9.80 Å². The summed E-state index contributed by atoms with van der Waals surface area (Å²) in [6.07, 6.45) is 0. The van der Waals surface area contributed by atoms with E-state index in [-0.39, 0.29) is 16.7 Å². The lowest BCUT2D eigenvalue weighted by Crippen LogP contribution is -2.11. The number of nitrogens with zero attached hydrogens (tertiary/aromatic N) is 2.